The summed E-state index contributed by atoms with van der Waals surface area (Å²) in [7, 11) is 1.60. The van der Waals surface area contributed by atoms with Crippen LogP contribution in [-0.4, -0.2) is 25.0 Å². The Balaban J connectivity index is 1.49. The van der Waals surface area contributed by atoms with Crippen molar-refractivity contribution in [1.29, 1.82) is 0 Å². The van der Waals surface area contributed by atoms with Gasteiger partial charge in [-0.15, -0.1) is 0 Å². The van der Waals surface area contributed by atoms with Gasteiger partial charge in [0.25, 0.3) is 11.8 Å². The van der Waals surface area contributed by atoms with Crippen molar-refractivity contribution in [2.45, 2.75) is 38.7 Å². The predicted molar refractivity (Wildman–Crippen MR) is 129 cm³/mol. The van der Waals surface area contributed by atoms with Crippen molar-refractivity contribution in [2.24, 2.45) is 0 Å². The number of nitrogens with one attached hydrogen (secondary N) is 2. The van der Waals surface area contributed by atoms with Crippen molar-refractivity contribution >= 4 is 23.2 Å². The highest BCUT2D eigenvalue weighted by molar-refractivity contribution is 6.07. The maximum atomic E-state index is 12.9. The summed E-state index contributed by atoms with van der Waals surface area (Å²) in [5.41, 5.74) is 3.08. The molecule has 2 amide bonds. The Morgan fingerprint density at radius 3 is 2.27 bits per heavy atom. The van der Waals surface area contributed by atoms with Crippen LogP contribution in [0.1, 0.15) is 52.0 Å². The van der Waals surface area contributed by atoms with E-state index in [9.17, 15) is 9.59 Å². The number of carbonyl (C=O) groups excluding carboxylic acids is 2. The molecule has 0 bridgehead atoms. The van der Waals surface area contributed by atoms with Crippen LogP contribution >= 0.6 is 0 Å². The smallest absolute Gasteiger partial charge is 0.255 e. The molecular weight excluding hydrogens is 416 g/mol. The van der Waals surface area contributed by atoms with Crippen molar-refractivity contribution in [3.63, 3.8) is 0 Å². The number of ether oxygens (including phenoxy) is 2. The van der Waals surface area contributed by atoms with Crippen LogP contribution in [0.4, 0.5) is 11.4 Å². The summed E-state index contributed by atoms with van der Waals surface area (Å²) in [5, 5.41) is 5.81. The third-order valence-electron chi connectivity index (χ3n) is 5.80. The number of aryl methyl sites for hydroxylation is 1. The van der Waals surface area contributed by atoms with Crippen molar-refractivity contribution in [3.8, 4) is 11.5 Å². The maximum Gasteiger partial charge on any atom is 0.255 e. The van der Waals surface area contributed by atoms with Crippen LogP contribution in [0.15, 0.2) is 66.7 Å². The second-order valence-corrected chi connectivity index (χ2v) is 8.19. The normalized spacial score (nSPS) is 13.4. The highest BCUT2D eigenvalue weighted by Crippen LogP contribution is 2.34. The van der Waals surface area contributed by atoms with E-state index in [4.69, 9.17) is 9.47 Å². The number of rotatable bonds is 7. The molecule has 33 heavy (non-hydrogen) atoms. The Morgan fingerprint density at radius 2 is 1.55 bits per heavy atom. The fourth-order valence-corrected chi connectivity index (χ4v) is 3.92. The third kappa shape index (κ3) is 5.52. The van der Waals surface area contributed by atoms with Gasteiger partial charge in [0.05, 0.1) is 13.2 Å². The molecule has 0 spiro atoms. The molecule has 4 rings (SSSR count). The van der Waals surface area contributed by atoms with E-state index in [-0.39, 0.29) is 17.9 Å². The third-order valence-corrected chi connectivity index (χ3v) is 5.80. The molecule has 3 aromatic carbocycles. The topological polar surface area (TPSA) is 76.7 Å². The van der Waals surface area contributed by atoms with Gasteiger partial charge in [-0.05, 0) is 74.6 Å². The first-order valence-corrected chi connectivity index (χ1v) is 11.2. The van der Waals surface area contributed by atoms with Gasteiger partial charge in [-0.25, -0.2) is 0 Å². The minimum absolute atomic E-state index is 0.178. The number of carbonyl (C=O) groups is 2. The molecule has 0 aliphatic heterocycles. The van der Waals surface area contributed by atoms with E-state index in [1.54, 1.807) is 49.6 Å². The monoisotopic (exact) mass is 444 g/mol. The number of anilines is 2. The van der Waals surface area contributed by atoms with Gasteiger partial charge in [0, 0.05) is 28.6 Å². The average molecular weight is 445 g/mol. The molecule has 1 fully saturated rings. The molecule has 0 aromatic heterocycles. The summed E-state index contributed by atoms with van der Waals surface area (Å²) in [6.45, 7) is 1.89. The zero-order valence-corrected chi connectivity index (χ0v) is 18.9. The van der Waals surface area contributed by atoms with Gasteiger partial charge >= 0.3 is 0 Å². The van der Waals surface area contributed by atoms with Gasteiger partial charge in [0.1, 0.15) is 0 Å². The number of benzene rings is 3. The molecule has 1 aliphatic rings. The van der Waals surface area contributed by atoms with Crippen molar-refractivity contribution in [1.82, 2.24) is 0 Å². The molecule has 3 aromatic rings. The summed E-state index contributed by atoms with van der Waals surface area (Å²) in [6.07, 6.45) is 4.57. The van der Waals surface area contributed by atoms with Crippen molar-refractivity contribution in [2.75, 3.05) is 17.7 Å². The summed E-state index contributed by atoms with van der Waals surface area (Å²) >= 11 is 0. The van der Waals surface area contributed by atoms with Crippen LogP contribution in [-0.2, 0) is 0 Å². The lowest BCUT2D eigenvalue weighted by Crippen LogP contribution is -2.16. The fourth-order valence-electron chi connectivity index (χ4n) is 3.92. The van der Waals surface area contributed by atoms with Crippen molar-refractivity contribution < 1.29 is 19.1 Å². The Hall–Kier alpha value is -3.80. The summed E-state index contributed by atoms with van der Waals surface area (Å²) in [4.78, 5) is 25.5. The number of amides is 2. The molecule has 2 N–H and O–H groups in total. The average Bonchev–Trinajstić information content (AvgIpc) is 3.34. The Morgan fingerprint density at radius 1 is 0.818 bits per heavy atom. The predicted octanol–water partition coefficient (Wildman–Crippen LogP) is 5.83. The van der Waals surface area contributed by atoms with E-state index in [1.165, 1.54) is 12.8 Å². The van der Waals surface area contributed by atoms with Gasteiger partial charge in [-0.3, -0.25) is 9.59 Å². The van der Waals surface area contributed by atoms with Crippen LogP contribution in [0.2, 0.25) is 0 Å². The number of methoxy groups -OCH3 is 1. The van der Waals surface area contributed by atoms with Crippen LogP contribution in [0.5, 0.6) is 11.5 Å². The standard InChI is InChI=1S/C27H28N2O4/c1-18-12-13-20(16-23(18)29-26(30)19-8-4-3-5-9-19)27(31)28-21-14-15-24(32-2)25(17-21)33-22-10-6-7-11-22/h3-5,8-9,12-17,22H,6-7,10-11H2,1-2H3,(H,28,31)(H,29,30). The highest BCUT2D eigenvalue weighted by atomic mass is 16.5. The molecule has 0 unspecified atom stereocenters. The van der Waals surface area contributed by atoms with Gasteiger partial charge in [0.2, 0.25) is 0 Å². The van der Waals surface area contributed by atoms with Crippen LogP contribution in [0, 0.1) is 6.92 Å². The molecular formula is C27H28N2O4. The van der Waals surface area contributed by atoms with Crippen LogP contribution in [0.3, 0.4) is 0 Å². The highest BCUT2D eigenvalue weighted by Gasteiger charge is 2.19. The lowest BCUT2D eigenvalue weighted by molar-refractivity contribution is 0.101. The first-order chi connectivity index (χ1) is 16.0. The van der Waals surface area contributed by atoms with Gasteiger partial charge in [-0.1, -0.05) is 24.3 Å². The van der Waals surface area contributed by atoms with Crippen LogP contribution in [0.25, 0.3) is 0 Å². The Kier molecular flexibility index (Phi) is 6.93. The molecule has 0 heterocycles. The zero-order chi connectivity index (χ0) is 23.2. The second-order valence-electron chi connectivity index (χ2n) is 8.19. The minimum Gasteiger partial charge on any atom is -0.493 e. The van der Waals surface area contributed by atoms with Gasteiger partial charge in [-0.2, -0.15) is 0 Å². The summed E-state index contributed by atoms with van der Waals surface area (Å²) < 4.78 is 11.5. The maximum absolute atomic E-state index is 12.9. The summed E-state index contributed by atoms with van der Waals surface area (Å²) in [5.74, 6) is 0.769. The van der Waals surface area contributed by atoms with E-state index >= 15 is 0 Å². The summed E-state index contributed by atoms with van der Waals surface area (Å²) in [6, 6.07) is 19.6. The number of hydrogen-bond acceptors (Lipinski definition) is 4. The molecule has 1 saturated carbocycles. The van der Waals surface area contributed by atoms with E-state index in [0.29, 0.717) is 34.0 Å². The quantitative estimate of drug-likeness (QED) is 0.481. The Bertz CT molecular complexity index is 1140. The largest absolute Gasteiger partial charge is 0.493 e. The van der Waals surface area contributed by atoms with E-state index < -0.39 is 0 Å². The number of hydrogen-bond donors (Lipinski definition) is 2. The van der Waals surface area contributed by atoms with E-state index in [0.717, 1.165) is 18.4 Å². The van der Waals surface area contributed by atoms with Gasteiger partial charge < -0.3 is 20.1 Å². The molecule has 0 atom stereocenters. The molecule has 1 aliphatic carbocycles. The molecule has 0 radical (unpaired) electrons. The first-order valence-electron chi connectivity index (χ1n) is 11.2. The minimum atomic E-state index is -0.276. The SMILES string of the molecule is COc1ccc(NC(=O)c2ccc(C)c(NC(=O)c3ccccc3)c2)cc1OC1CCCC1. The van der Waals surface area contributed by atoms with E-state index in [2.05, 4.69) is 10.6 Å². The molecule has 6 heteroatoms. The van der Waals surface area contributed by atoms with Gasteiger partial charge in [0.15, 0.2) is 11.5 Å². The second kappa shape index (κ2) is 10.2. The molecule has 0 saturated heterocycles. The Labute approximate surface area is 193 Å². The lowest BCUT2D eigenvalue weighted by atomic mass is 10.1. The lowest BCUT2D eigenvalue weighted by Gasteiger charge is -2.17. The molecule has 6 nitrogen and oxygen atoms in total. The van der Waals surface area contributed by atoms with Crippen molar-refractivity contribution in [3.05, 3.63) is 83.4 Å². The van der Waals surface area contributed by atoms with E-state index in [1.807, 2.05) is 31.2 Å². The molecule has 170 valence electrons. The first kappa shape index (κ1) is 22.4. The zero-order valence-electron chi connectivity index (χ0n) is 18.9. The van der Waals surface area contributed by atoms with Crippen LogP contribution < -0.4 is 20.1 Å². The fraction of sp³-hybridized carbons (Fsp3) is 0.259.